The highest BCUT2D eigenvalue weighted by Crippen LogP contribution is 1.81. The average molecular weight is 119 g/mol. The molecule has 0 aromatic rings. The van der Waals surface area contributed by atoms with E-state index in [1.807, 2.05) is 0 Å². The summed E-state index contributed by atoms with van der Waals surface area (Å²) in [6.45, 7) is 4.48. The molecule has 0 heterocycles. The predicted molar refractivity (Wildman–Crippen MR) is 37.0 cm³/mol. The van der Waals surface area contributed by atoms with Crippen molar-refractivity contribution in [3.05, 3.63) is 0 Å². The zero-order valence-electron chi connectivity index (χ0n) is 5.48. The second-order valence-electron chi connectivity index (χ2n) is 1.78. The normalized spacial score (nSPS) is 9.75. The van der Waals surface area contributed by atoms with E-state index < -0.39 is 0 Å². The molecule has 0 aliphatic heterocycles. The highest BCUT2D eigenvalue weighted by Gasteiger charge is 1.82. The maximum Gasteiger partial charge on any atom is 0.0431 e. The van der Waals surface area contributed by atoms with Crippen LogP contribution in [-0.2, 0) is 0 Å². The van der Waals surface area contributed by atoms with E-state index in [4.69, 9.17) is 5.11 Å². The average Bonchev–Trinajstić information content (AvgIpc) is 1.81. The summed E-state index contributed by atoms with van der Waals surface area (Å²) in [6.07, 6.45) is 2.01. The third-order valence-corrected chi connectivity index (χ3v) is 1.01. The van der Waals surface area contributed by atoms with E-state index in [9.17, 15) is 0 Å². The number of hydrogen-bond donors (Lipinski definition) is 2. The lowest BCUT2D eigenvalue weighted by atomic mass is 10.3. The summed E-state index contributed by atoms with van der Waals surface area (Å²) in [4.78, 5) is 0. The van der Waals surface area contributed by atoms with Crippen molar-refractivity contribution >= 4 is 0 Å². The number of unbranched alkanes of at least 4 members (excludes halogenated alkanes) is 1. The SMILES string of the molecule is CCNCCCCO.[HH]. The monoisotopic (exact) mass is 119 g/mol. The van der Waals surface area contributed by atoms with Crippen LogP contribution in [0.2, 0.25) is 0 Å². The molecule has 2 N–H and O–H groups in total. The smallest absolute Gasteiger partial charge is 0.0431 e. The fraction of sp³-hybridized carbons (Fsp3) is 1.00. The molecule has 0 saturated carbocycles. The molecule has 0 radical (unpaired) electrons. The number of nitrogens with one attached hydrogen (secondary N) is 1. The summed E-state index contributed by atoms with van der Waals surface area (Å²) in [5, 5.41) is 11.5. The van der Waals surface area contributed by atoms with E-state index in [0.717, 1.165) is 25.9 Å². The van der Waals surface area contributed by atoms with Crippen LogP contribution in [0.3, 0.4) is 0 Å². The van der Waals surface area contributed by atoms with E-state index >= 15 is 0 Å². The molecular weight excluding hydrogens is 102 g/mol. The summed E-state index contributed by atoms with van der Waals surface area (Å²) < 4.78 is 0. The zero-order chi connectivity index (χ0) is 6.24. The Balaban J connectivity index is 0. The van der Waals surface area contributed by atoms with Crippen LogP contribution in [-0.4, -0.2) is 24.8 Å². The Kier molecular flexibility index (Phi) is 6.85. The summed E-state index contributed by atoms with van der Waals surface area (Å²) in [5.74, 6) is 0. The molecule has 0 aliphatic carbocycles. The molecule has 0 aliphatic rings. The lowest BCUT2D eigenvalue weighted by molar-refractivity contribution is 0.284. The largest absolute Gasteiger partial charge is 0.396 e. The van der Waals surface area contributed by atoms with Gasteiger partial charge in [0.25, 0.3) is 0 Å². The van der Waals surface area contributed by atoms with Gasteiger partial charge >= 0.3 is 0 Å². The lowest BCUT2D eigenvalue weighted by Gasteiger charge is -1.96. The second kappa shape index (κ2) is 6.92. The van der Waals surface area contributed by atoms with E-state index in [-0.39, 0.29) is 1.43 Å². The molecule has 0 fully saturated rings. The minimum Gasteiger partial charge on any atom is -0.396 e. The molecule has 52 valence electrons. The highest BCUT2D eigenvalue weighted by atomic mass is 16.2. The number of aliphatic hydroxyl groups excluding tert-OH is 1. The van der Waals surface area contributed by atoms with E-state index in [1.54, 1.807) is 0 Å². The summed E-state index contributed by atoms with van der Waals surface area (Å²) in [6, 6.07) is 0. The van der Waals surface area contributed by atoms with E-state index in [1.165, 1.54) is 0 Å². The molecule has 0 rings (SSSR count). The van der Waals surface area contributed by atoms with Crippen molar-refractivity contribution in [1.82, 2.24) is 5.32 Å². The standard InChI is InChI=1S/C6H15NO.H2/c1-2-7-5-3-4-6-8;/h7-8H,2-6H2,1H3;1H. The predicted octanol–water partition coefficient (Wildman–Crippen LogP) is 0.614. The maximum atomic E-state index is 8.34. The molecule has 2 heteroatoms. The summed E-state index contributed by atoms with van der Waals surface area (Å²) in [7, 11) is 0. The third-order valence-electron chi connectivity index (χ3n) is 1.01. The number of rotatable bonds is 5. The highest BCUT2D eigenvalue weighted by molar-refractivity contribution is 4.42. The van der Waals surface area contributed by atoms with Crippen molar-refractivity contribution in [2.45, 2.75) is 19.8 Å². The molecule has 0 aromatic carbocycles. The van der Waals surface area contributed by atoms with Crippen LogP contribution >= 0.6 is 0 Å². The molecule has 0 amide bonds. The van der Waals surface area contributed by atoms with Gasteiger partial charge in [-0.25, -0.2) is 0 Å². The molecular formula is C6H17NO. The first-order valence-electron chi connectivity index (χ1n) is 3.23. The second-order valence-corrected chi connectivity index (χ2v) is 1.78. The van der Waals surface area contributed by atoms with Gasteiger partial charge in [-0.1, -0.05) is 6.92 Å². The maximum absolute atomic E-state index is 8.34. The van der Waals surface area contributed by atoms with Crippen LogP contribution in [0, 0.1) is 0 Å². The van der Waals surface area contributed by atoms with Gasteiger partial charge in [0, 0.05) is 8.03 Å². The van der Waals surface area contributed by atoms with Gasteiger partial charge < -0.3 is 10.4 Å². The van der Waals surface area contributed by atoms with Gasteiger partial charge in [-0.2, -0.15) is 0 Å². The minimum atomic E-state index is 0. The zero-order valence-corrected chi connectivity index (χ0v) is 5.48. The van der Waals surface area contributed by atoms with Crippen molar-refractivity contribution in [3.63, 3.8) is 0 Å². The van der Waals surface area contributed by atoms with Crippen molar-refractivity contribution < 1.29 is 6.53 Å². The fourth-order valence-electron chi connectivity index (χ4n) is 0.539. The Bertz CT molecular complexity index is 38.0. The van der Waals surface area contributed by atoms with Gasteiger partial charge in [0.1, 0.15) is 0 Å². The van der Waals surface area contributed by atoms with Crippen molar-refractivity contribution in [1.29, 1.82) is 0 Å². The quantitative estimate of drug-likeness (QED) is 0.520. The molecule has 0 spiro atoms. The molecule has 0 unspecified atom stereocenters. The first-order chi connectivity index (χ1) is 3.91. The fourth-order valence-corrected chi connectivity index (χ4v) is 0.539. The molecule has 8 heavy (non-hydrogen) atoms. The van der Waals surface area contributed by atoms with Gasteiger partial charge in [-0.15, -0.1) is 0 Å². The molecule has 0 saturated heterocycles. The van der Waals surface area contributed by atoms with Crippen LogP contribution in [0.15, 0.2) is 0 Å². The van der Waals surface area contributed by atoms with Crippen LogP contribution in [0.1, 0.15) is 21.2 Å². The summed E-state index contributed by atoms with van der Waals surface area (Å²) in [5.41, 5.74) is 0. The Hall–Kier alpha value is -0.0800. The molecule has 0 atom stereocenters. The van der Waals surface area contributed by atoms with Gasteiger partial charge in [0.2, 0.25) is 0 Å². The van der Waals surface area contributed by atoms with Crippen LogP contribution in [0.4, 0.5) is 0 Å². The number of aliphatic hydroxyl groups is 1. The van der Waals surface area contributed by atoms with E-state index in [2.05, 4.69) is 12.2 Å². The Morgan fingerprint density at radius 2 is 2.25 bits per heavy atom. The van der Waals surface area contributed by atoms with Crippen LogP contribution in [0.25, 0.3) is 0 Å². The third kappa shape index (κ3) is 5.92. The lowest BCUT2D eigenvalue weighted by Crippen LogP contribution is -2.13. The number of hydrogen-bond acceptors (Lipinski definition) is 2. The van der Waals surface area contributed by atoms with Crippen LogP contribution in [0.5, 0.6) is 0 Å². The topological polar surface area (TPSA) is 32.3 Å². The van der Waals surface area contributed by atoms with Gasteiger partial charge in [-0.05, 0) is 25.9 Å². The summed E-state index contributed by atoms with van der Waals surface area (Å²) >= 11 is 0. The molecule has 0 aromatic heterocycles. The Morgan fingerprint density at radius 3 is 2.75 bits per heavy atom. The minimum absolute atomic E-state index is 0. The Morgan fingerprint density at radius 1 is 1.50 bits per heavy atom. The Labute approximate surface area is 52.4 Å². The molecule has 2 nitrogen and oxygen atoms in total. The molecule has 0 bridgehead atoms. The van der Waals surface area contributed by atoms with Crippen molar-refractivity contribution in [2.75, 3.05) is 19.7 Å². The van der Waals surface area contributed by atoms with Gasteiger partial charge in [0.05, 0.1) is 0 Å². The van der Waals surface area contributed by atoms with Gasteiger partial charge in [-0.3, -0.25) is 0 Å². The van der Waals surface area contributed by atoms with Gasteiger partial charge in [0.15, 0.2) is 0 Å². The van der Waals surface area contributed by atoms with Crippen LogP contribution < -0.4 is 5.32 Å². The first kappa shape index (κ1) is 7.92. The van der Waals surface area contributed by atoms with Crippen molar-refractivity contribution in [3.8, 4) is 0 Å². The van der Waals surface area contributed by atoms with Crippen molar-refractivity contribution in [2.24, 2.45) is 0 Å². The first-order valence-corrected chi connectivity index (χ1v) is 3.23. The van der Waals surface area contributed by atoms with E-state index in [0.29, 0.717) is 6.61 Å².